The first-order valence-electron chi connectivity index (χ1n) is 3.23. The van der Waals surface area contributed by atoms with Crippen LogP contribution in [0.3, 0.4) is 0 Å². The van der Waals surface area contributed by atoms with Crippen molar-refractivity contribution in [1.82, 2.24) is 14.3 Å². The zero-order valence-corrected chi connectivity index (χ0v) is 7.21. The van der Waals surface area contributed by atoms with Crippen LogP contribution in [-0.4, -0.2) is 21.3 Å². The van der Waals surface area contributed by atoms with Crippen LogP contribution >= 0.6 is 0 Å². The maximum absolute atomic E-state index is 10.9. The summed E-state index contributed by atoms with van der Waals surface area (Å²) >= 11 is 0. The van der Waals surface area contributed by atoms with Crippen LogP contribution < -0.4 is 5.69 Å². The van der Waals surface area contributed by atoms with Gasteiger partial charge in [0, 0.05) is 14.1 Å². The van der Waals surface area contributed by atoms with E-state index in [4.69, 9.17) is 0 Å². The van der Waals surface area contributed by atoms with Crippen LogP contribution in [-0.2, 0) is 14.1 Å². The lowest BCUT2D eigenvalue weighted by atomic mass is 10.7. The molecular weight excluding hydrogens is 168 g/mol. The van der Waals surface area contributed by atoms with Gasteiger partial charge in [0.05, 0.1) is 0 Å². The molecule has 0 saturated carbocycles. The van der Waals surface area contributed by atoms with E-state index in [1.165, 1.54) is 9.25 Å². The minimum absolute atomic E-state index is 0.0764. The second-order valence-corrected chi connectivity index (χ2v) is 2.11. The second kappa shape index (κ2) is 4.63. The Labute approximate surface area is 68.4 Å². The Bertz CT molecular complexity index is 291. The van der Waals surface area contributed by atoms with E-state index in [0.717, 1.165) is 5.82 Å². The summed E-state index contributed by atoms with van der Waals surface area (Å²) in [6.45, 7) is 0.0431. The van der Waals surface area contributed by atoms with Crippen LogP contribution in [0.5, 0.6) is 0 Å². The van der Waals surface area contributed by atoms with Crippen LogP contribution in [0.25, 0.3) is 0 Å². The zero-order chi connectivity index (χ0) is 9.72. The van der Waals surface area contributed by atoms with Crippen molar-refractivity contribution in [2.45, 2.75) is 6.92 Å². The maximum atomic E-state index is 10.9. The standard InChI is InChI=1S/C5H9N3O.CH2F2/c1-4-6-8(3)5(9)7(4)2;2-1-3/h1-3H3;1H2. The Hall–Kier alpha value is -1.20. The molecule has 0 radical (unpaired) electrons. The van der Waals surface area contributed by atoms with Crippen molar-refractivity contribution in [3.63, 3.8) is 0 Å². The number of alkyl halides is 2. The van der Waals surface area contributed by atoms with E-state index in [0.29, 0.717) is 0 Å². The summed E-state index contributed by atoms with van der Waals surface area (Å²) in [5.41, 5.74) is -0.0764. The zero-order valence-electron chi connectivity index (χ0n) is 7.21. The topological polar surface area (TPSA) is 39.8 Å². The average Bonchev–Trinajstić information content (AvgIpc) is 2.20. The molecule has 1 rings (SSSR count). The monoisotopic (exact) mass is 179 g/mol. The van der Waals surface area contributed by atoms with Crippen molar-refractivity contribution in [3.05, 3.63) is 16.3 Å². The second-order valence-electron chi connectivity index (χ2n) is 2.11. The van der Waals surface area contributed by atoms with Gasteiger partial charge >= 0.3 is 5.69 Å². The van der Waals surface area contributed by atoms with E-state index >= 15 is 0 Å². The van der Waals surface area contributed by atoms with E-state index < -0.39 is 6.93 Å². The number of hydrogen-bond acceptors (Lipinski definition) is 2. The summed E-state index contributed by atoms with van der Waals surface area (Å²) < 4.78 is 22.1. The fourth-order valence-electron chi connectivity index (χ4n) is 0.682. The highest BCUT2D eigenvalue weighted by atomic mass is 19.3. The molecule has 0 spiro atoms. The predicted molar refractivity (Wildman–Crippen MR) is 40.3 cm³/mol. The number of hydrogen-bond donors (Lipinski definition) is 0. The van der Waals surface area contributed by atoms with Crippen LogP contribution in [0.1, 0.15) is 5.82 Å². The summed E-state index contributed by atoms with van der Waals surface area (Å²) in [4.78, 5) is 10.9. The van der Waals surface area contributed by atoms with Crippen molar-refractivity contribution in [2.75, 3.05) is 6.93 Å². The highest BCUT2D eigenvalue weighted by molar-refractivity contribution is 4.79. The van der Waals surface area contributed by atoms with Crippen molar-refractivity contribution in [3.8, 4) is 0 Å². The van der Waals surface area contributed by atoms with Gasteiger partial charge in [-0.05, 0) is 6.92 Å². The van der Waals surface area contributed by atoms with E-state index in [-0.39, 0.29) is 5.69 Å². The largest absolute Gasteiger partial charge is 0.345 e. The molecule has 1 aromatic rings. The molecule has 0 bridgehead atoms. The third kappa shape index (κ3) is 2.44. The molecule has 0 fully saturated rings. The molecule has 1 aromatic heterocycles. The SMILES string of the molecule is Cc1nn(C)c(=O)n1C.FCF. The number of rotatable bonds is 0. The van der Waals surface area contributed by atoms with Crippen molar-refractivity contribution >= 4 is 0 Å². The molecule has 6 heteroatoms. The normalized spacial score (nSPS) is 9.08. The van der Waals surface area contributed by atoms with Gasteiger partial charge in [-0.1, -0.05) is 0 Å². The molecule has 0 atom stereocenters. The lowest BCUT2D eigenvalue weighted by Crippen LogP contribution is -2.20. The van der Waals surface area contributed by atoms with Crippen LogP contribution in [0.4, 0.5) is 8.78 Å². The summed E-state index contributed by atoms with van der Waals surface area (Å²) in [6, 6.07) is 0. The fraction of sp³-hybridized carbons (Fsp3) is 0.667. The third-order valence-corrected chi connectivity index (χ3v) is 1.34. The first kappa shape index (κ1) is 10.8. The van der Waals surface area contributed by atoms with E-state index in [9.17, 15) is 13.6 Å². The molecule has 4 nitrogen and oxygen atoms in total. The molecule has 0 saturated heterocycles. The van der Waals surface area contributed by atoms with Gasteiger partial charge in [-0.3, -0.25) is 4.57 Å². The molecule has 0 unspecified atom stereocenters. The first-order valence-corrected chi connectivity index (χ1v) is 3.23. The lowest BCUT2D eigenvalue weighted by Gasteiger charge is -1.84. The van der Waals surface area contributed by atoms with Crippen LogP contribution in [0.15, 0.2) is 4.79 Å². The summed E-state index contributed by atoms with van der Waals surface area (Å²) in [5, 5.41) is 3.88. The minimum atomic E-state index is -1.75. The molecule has 70 valence electrons. The molecule has 0 aromatic carbocycles. The smallest absolute Gasteiger partial charge is 0.282 e. The molecule has 12 heavy (non-hydrogen) atoms. The first-order chi connectivity index (χ1) is 5.54. The lowest BCUT2D eigenvalue weighted by molar-refractivity contribution is 0.295. The summed E-state index contributed by atoms with van der Waals surface area (Å²) in [7, 11) is 3.33. The number of halogens is 2. The Morgan fingerprint density at radius 1 is 1.42 bits per heavy atom. The van der Waals surface area contributed by atoms with Crippen LogP contribution in [0, 0.1) is 6.92 Å². The molecular formula is C6H11F2N3O. The van der Waals surface area contributed by atoms with Gasteiger partial charge in [0.1, 0.15) is 5.82 Å². The number of aromatic nitrogens is 3. The molecule has 1 heterocycles. The molecule has 0 N–H and O–H groups in total. The van der Waals surface area contributed by atoms with Gasteiger partial charge in [0.15, 0.2) is 0 Å². The maximum Gasteiger partial charge on any atom is 0.345 e. The summed E-state index contributed by atoms with van der Waals surface area (Å²) in [5.74, 6) is 0.738. The fourth-order valence-corrected chi connectivity index (χ4v) is 0.682. The van der Waals surface area contributed by atoms with Crippen LogP contribution in [0.2, 0.25) is 0 Å². The number of aryl methyl sites for hydroxylation is 2. The predicted octanol–water partition coefficient (Wildman–Crippen LogP) is 0.310. The Balaban J connectivity index is 0.000000354. The molecule has 0 aliphatic heterocycles. The summed E-state index contributed by atoms with van der Waals surface area (Å²) in [6.07, 6.45) is 0. The minimum Gasteiger partial charge on any atom is -0.282 e. The van der Waals surface area contributed by atoms with Gasteiger partial charge in [-0.2, -0.15) is 5.10 Å². The van der Waals surface area contributed by atoms with E-state index in [1.54, 1.807) is 21.0 Å². The quantitative estimate of drug-likeness (QED) is 0.575. The van der Waals surface area contributed by atoms with Crippen molar-refractivity contribution in [1.29, 1.82) is 0 Å². The Morgan fingerprint density at radius 2 is 1.83 bits per heavy atom. The Kier molecular flexibility index (Phi) is 4.17. The highest BCUT2D eigenvalue weighted by Crippen LogP contribution is 1.80. The van der Waals surface area contributed by atoms with E-state index in [1.807, 2.05) is 0 Å². The van der Waals surface area contributed by atoms with Crippen molar-refractivity contribution in [2.24, 2.45) is 14.1 Å². The molecule has 0 aliphatic rings. The average molecular weight is 179 g/mol. The highest BCUT2D eigenvalue weighted by Gasteiger charge is 1.99. The van der Waals surface area contributed by atoms with Gasteiger partial charge in [-0.15, -0.1) is 0 Å². The van der Waals surface area contributed by atoms with Gasteiger partial charge in [0.2, 0.25) is 6.93 Å². The van der Waals surface area contributed by atoms with Gasteiger partial charge < -0.3 is 0 Å². The van der Waals surface area contributed by atoms with Crippen molar-refractivity contribution < 1.29 is 8.78 Å². The Morgan fingerprint density at radius 3 is 1.92 bits per heavy atom. The van der Waals surface area contributed by atoms with Gasteiger partial charge in [0.25, 0.3) is 0 Å². The van der Waals surface area contributed by atoms with E-state index in [2.05, 4.69) is 5.10 Å². The van der Waals surface area contributed by atoms with Gasteiger partial charge in [-0.25, -0.2) is 18.3 Å². The molecule has 0 amide bonds. The molecule has 0 aliphatic carbocycles. The number of nitrogens with zero attached hydrogens (tertiary/aromatic N) is 3. The third-order valence-electron chi connectivity index (χ3n) is 1.34.